The van der Waals surface area contributed by atoms with Gasteiger partial charge < -0.3 is 5.32 Å². The van der Waals surface area contributed by atoms with E-state index in [-0.39, 0.29) is 18.1 Å². The van der Waals surface area contributed by atoms with Gasteiger partial charge in [-0.05, 0) is 31.8 Å². The van der Waals surface area contributed by atoms with E-state index in [0.29, 0.717) is 12.0 Å². The Hall–Kier alpha value is -1.21. The van der Waals surface area contributed by atoms with E-state index in [9.17, 15) is 18.0 Å². The molecule has 108 valence electrons. The molecular formula is C12H19NO5S. The number of hydrogen-bond donors (Lipinski definition) is 2. The lowest BCUT2D eigenvalue weighted by atomic mass is 9.77. The third-order valence-corrected chi connectivity index (χ3v) is 4.39. The van der Waals surface area contributed by atoms with Gasteiger partial charge in [0.25, 0.3) is 10.1 Å². The molecule has 0 aromatic carbocycles. The molecule has 0 radical (unpaired) electrons. The summed E-state index contributed by atoms with van der Waals surface area (Å²) in [6, 6.07) is 0. The van der Waals surface area contributed by atoms with Gasteiger partial charge in [-0.25, -0.2) is 0 Å². The van der Waals surface area contributed by atoms with Gasteiger partial charge in [0.1, 0.15) is 0 Å². The normalized spacial score (nSPS) is 23.5. The molecule has 7 heteroatoms. The van der Waals surface area contributed by atoms with Crippen LogP contribution in [0.5, 0.6) is 0 Å². The molecule has 0 spiro atoms. The Morgan fingerprint density at radius 1 is 1.58 bits per heavy atom. The highest BCUT2D eigenvalue weighted by Gasteiger charge is 2.40. The standard InChI is InChI=1S/C12H19NO5S/c1-8-4-5-10(6-11(8)15)12(3,13-9(2)14)7-19(16,17)18/h4,10H,5-7H2,1-3H3,(H,13,14)(H,16,17,18)/t10-,12+/m0/s1. The first-order chi connectivity index (χ1) is 8.53. The molecule has 0 aromatic rings. The second-order valence-electron chi connectivity index (χ2n) is 5.27. The number of rotatable bonds is 4. The van der Waals surface area contributed by atoms with Crippen molar-refractivity contribution < 1.29 is 22.6 Å². The molecule has 2 atom stereocenters. The van der Waals surface area contributed by atoms with Gasteiger partial charge in [-0.15, -0.1) is 0 Å². The summed E-state index contributed by atoms with van der Waals surface area (Å²) in [5.41, 5.74) is -0.514. The first kappa shape index (κ1) is 15.8. The van der Waals surface area contributed by atoms with Crippen molar-refractivity contribution in [2.45, 2.75) is 39.2 Å². The van der Waals surface area contributed by atoms with E-state index < -0.39 is 27.3 Å². The maximum Gasteiger partial charge on any atom is 0.267 e. The van der Waals surface area contributed by atoms with Crippen LogP contribution in [0.1, 0.15) is 33.6 Å². The van der Waals surface area contributed by atoms with Crippen LogP contribution in [0.2, 0.25) is 0 Å². The van der Waals surface area contributed by atoms with Crippen molar-refractivity contribution in [2.24, 2.45) is 5.92 Å². The molecule has 0 bridgehead atoms. The van der Waals surface area contributed by atoms with Crippen LogP contribution in [0.15, 0.2) is 11.6 Å². The number of Topliss-reactive ketones (excluding diaryl/α,β-unsaturated/α-hetero) is 1. The molecule has 1 aliphatic carbocycles. The van der Waals surface area contributed by atoms with Crippen LogP contribution in [0.25, 0.3) is 0 Å². The molecule has 2 N–H and O–H groups in total. The zero-order valence-corrected chi connectivity index (χ0v) is 12.1. The van der Waals surface area contributed by atoms with Crippen molar-refractivity contribution in [2.75, 3.05) is 5.75 Å². The zero-order valence-electron chi connectivity index (χ0n) is 11.3. The fraction of sp³-hybridized carbons (Fsp3) is 0.667. The summed E-state index contributed by atoms with van der Waals surface area (Å²) < 4.78 is 31.3. The summed E-state index contributed by atoms with van der Waals surface area (Å²) in [7, 11) is -4.25. The first-order valence-corrected chi connectivity index (χ1v) is 7.58. The summed E-state index contributed by atoms with van der Waals surface area (Å²) >= 11 is 0. The van der Waals surface area contributed by atoms with Gasteiger partial charge in [0.05, 0.1) is 11.3 Å². The fourth-order valence-corrected chi connectivity index (χ4v) is 3.49. The van der Waals surface area contributed by atoms with Gasteiger partial charge in [0.15, 0.2) is 5.78 Å². The van der Waals surface area contributed by atoms with E-state index in [1.807, 2.05) is 0 Å². The Morgan fingerprint density at radius 2 is 2.16 bits per heavy atom. The maximum atomic E-state index is 11.7. The van der Waals surface area contributed by atoms with Crippen LogP contribution in [0.3, 0.4) is 0 Å². The number of hydrogen-bond acceptors (Lipinski definition) is 4. The van der Waals surface area contributed by atoms with Crippen molar-refractivity contribution in [3.05, 3.63) is 11.6 Å². The van der Waals surface area contributed by atoms with Crippen LogP contribution >= 0.6 is 0 Å². The first-order valence-electron chi connectivity index (χ1n) is 5.97. The molecule has 0 heterocycles. The highest BCUT2D eigenvalue weighted by molar-refractivity contribution is 7.85. The van der Waals surface area contributed by atoms with Crippen molar-refractivity contribution in [3.63, 3.8) is 0 Å². The van der Waals surface area contributed by atoms with Crippen molar-refractivity contribution in [1.29, 1.82) is 0 Å². The number of amides is 1. The van der Waals surface area contributed by atoms with E-state index in [0.717, 1.165) is 0 Å². The molecule has 0 aromatic heterocycles. The van der Waals surface area contributed by atoms with Gasteiger partial charge >= 0.3 is 0 Å². The number of allylic oxidation sites excluding steroid dienone is 2. The van der Waals surface area contributed by atoms with Crippen molar-refractivity contribution >= 4 is 21.8 Å². The van der Waals surface area contributed by atoms with E-state index in [1.165, 1.54) is 13.8 Å². The lowest BCUT2D eigenvalue weighted by Crippen LogP contribution is -2.56. The smallest absolute Gasteiger partial charge is 0.267 e. The van der Waals surface area contributed by atoms with Crippen LogP contribution in [-0.2, 0) is 19.7 Å². The Labute approximate surface area is 113 Å². The van der Waals surface area contributed by atoms with Gasteiger partial charge in [0, 0.05) is 13.3 Å². The average Bonchev–Trinajstić information content (AvgIpc) is 2.17. The molecule has 0 unspecified atom stereocenters. The highest BCUT2D eigenvalue weighted by atomic mass is 32.2. The zero-order chi connectivity index (χ0) is 14.8. The number of carbonyl (C=O) groups is 2. The lowest BCUT2D eigenvalue weighted by molar-refractivity contribution is -0.123. The number of ketones is 1. The summed E-state index contributed by atoms with van der Waals surface area (Å²) in [5, 5.41) is 2.56. The van der Waals surface area contributed by atoms with Gasteiger partial charge in [-0.1, -0.05) is 6.08 Å². The summed E-state index contributed by atoms with van der Waals surface area (Å²) in [6.07, 6.45) is 2.39. The summed E-state index contributed by atoms with van der Waals surface area (Å²) in [5.74, 6) is -1.42. The van der Waals surface area contributed by atoms with E-state index in [2.05, 4.69) is 5.32 Å². The molecule has 0 saturated carbocycles. The van der Waals surface area contributed by atoms with E-state index in [4.69, 9.17) is 4.55 Å². The second kappa shape index (κ2) is 5.42. The quantitative estimate of drug-likeness (QED) is 0.742. The molecular weight excluding hydrogens is 270 g/mol. The van der Waals surface area contributed by atoms with Crippen LogP contribution in [0, 0.1) is 5.92 Å². The molecule has 1 aliphatic rings. The minimum Gasteiger partial charge on any atom is -0.350 e. The second-order valence-corrected chi connectivity index (χ2v) is 6.72. The third-order valence-electron chi connectivity index (χ3n) is 3.43. The number of nitrogens with one attached hydrogen (secondary N) is 1. The highest BCUT2D eigenvalue weighted by Crippen LogP contribution is 2.31. The minimum absolute atomic E-state index is 0.0665. The molecule has 1 rings (SSSR count). The van der Waals surface area contributed by atoms with Gasteiger partial charge in [0.2, 0.25) is 5.91 Å². The molecule has 6 nitrogen and oxygen atoms in total. The average molecular weight is 289 g/mol. The van der Waals surface area contributed by atoms with E-state index in [1.54, 1.807) is 13.0 Å². The number of carbonyl (C=O) groups excluding carboxylic acids is 2. The fourth-order valence-electron chi connectivity index (χ4n) is 2.42. The predicted molar refractivity (Wildman–Crippen MR) is 70.1 cm³/mol. The predicted octanol–water partition coefficient (Wildman–Crippen LogP) is 0.694. The summed E-state index contributed by atoms with van der Waals surface area (Å²) in [6.45, 7) is 4.51. The SMILES string of the molecule is CC(=O)N[C@](C)(CS(=O)(=O)O)[C@H]1CC=C(C)C(=O)C1. The third kappa shape index (κ3) is 4.43. The Balaban J connectivity index is 3.04. The molecule has 1 amide bonds. The monoisotopic (exact) mass is 289 g/mol. The van der Waals surface area contributed by atoms with Crippen LogP contribution in [0.4, 0.5) is 0 Å². The van der Waals surface area contributed by atoms with Crippen molar-refractivity contribution in [3.8, 4) is 0 Å². The molecule has 0 aliphatic heterocycles. The lowest BCUT2D eigenvalue weighted by Gasteiger charge is -2.38. The minimum atomic E-state index is -4.25. The Bertz CT molecular complexity index is 522. The van der Waals surface area contributed by atoms with Crippen LogP contribution in [-0.4, -0.2) is 36.0 Å². The topological polar surface area (TPSA) is 101 Å². The Morgan fingerprint density at radius 3 is 2.58 bits per heavy atom. The Kier molecular flexibility index (Phi) is 4.52. The van der Waals surface area contributed by atoms with Gasteiger partial charge in [-0.2, -0.15) is 8.42 Å². The maximum absolute atomic E-state index is 11.7. The molecule has 0 saturated heterocycles. The van der Waals surface area contributed by atoms with Gasteiger partial charge in [-0.3, -0.25) is 14.1 Å². The van der Waals surface area contributed by atoms with Crippen molar-refractivity contribution in [1.82, 2.24) is 5.32 Å². The summed E-state index contributed by atoms with van der Waals surface area (Å²) in [4.78, 5) is 23.0. The van der Waals surface area contributed by atoms with Crippen LogP contribution < -0.4 is 5.32 Å². The van der Waals surface area contributed by atoms with E-state index >= 15 is 0 Å². The largest absolute Gasteiger partial charge is 0.350 e. The molecule has 0 fully saturated rings. The molecule has 19 heavy (non-hydrogen) atoms.